The second kappa shape index (κ2) is 7.63. The first-order chi connectivity index (χ1) is 11.6. The van der Waals surface area contributed by atoms with Crippen molar-refractivity contribution in [3.8, 4) is 0 Å². The van der Waals surface area contributed by atoms with Gasteiger partial charge in [0, 0.05) is 35.6 Å². The molecule has 1 saturated carbocycles. The average molecular weight is 431 g/mol. The van der Waals surface area contributed by atoms with Crippen LogP contribution in [0.25, 0.3) is 0 Å². The molecule has 6 nitrogen and oxygen atoms in total. The molecule has 0 spiro atoms. The Bertz CT molecular complexity index is 743. The van der Waals surface area contributed by atoms with Gasteiger partial charge in [-0.3, -0.25) is 4.99 Å². The lowest BCUT2D eigenvalue weighted by atomic mass is 9.96. The standard InChI is InChI=1S/C17H27BrN4O2S/c1-16(2,22-25(4,23)24)11-20-15(19-3)21-12-17(9-10-17)13-7-5-6-8-14(13)18/h5-8,22H,9-12H2,1-4H3,(H2,19,20,21). The Balaban J connectivity index is 1.92. The maximum Gasteiger partial charge on any atom is 0.209 e. The van der Waals surface area contributed by atoms with Crippen molar-refractivity contribution in [2.45, 2.75) is 37.6 Å². The summed E-state index contributed by atoms with van der Waals surface area (Å²) in [6.45, 7) is 4.88. The summed E-state index contributed by atoms with van der Waals surface area (Å²) in [7, 11) is -1.55. The molecule has 0 aromatic heterocycles. The van der Waals surface area contributed by atoms with Gasteiger partial charge in [0.15, 0.2) is 5.96 Å². The number of nitrogens with zero attached hydrogens (tertiary/aromatic N) is 1. The van der Waals surface area contributed by atoms with Crippen LogP contribution in [-0.2, 0) is 15.4 Å². The maximum absolute atomic E-state index is 11.4. The molecule has 25 heavy (non-hydrogen) atoms. The van der Waals surface area contributed by atoms with E-state index in [0.717, 1.165) is 30.1 Å². The Hall–Kier alpha value is -1.12. The highest BCUT2D eigenvalue weighted by Crippen LogP contribution is 2.49. The molecule has 3 N–H and O–H groups in total. The SMILES string of the molecule is CN=C(NCC(C)(C)NS(C)(=O)=O)NCC1(c2ccccc2Br)CC1. The molecular weight excluding hydrogens is 404 g/mol. The molecule has 1 aromatic carbocycles. The van der Waals surface area contributed by atoms with E-state index in [9.17, 15) is 8.42 Å². The fourth-order valence-corrected chi connectivity index (χ4v) is 4.68. The van der Waals surface area contributed by atoms with Crippen molar-refractivity contribution in [1.29, 1.82) is 0 Å². The van der Waals surface area contributed by atoms with Gasteiger partial charge in [0.2, 0.25) is 10.0 Å². The Kier molecular flexibility index (Phi) is 6.17. The van der Waals surface area contributed by atoms with Crippen LogP contribution in [0.3, 0.4) is 0 Å². The summed E-state index contributed by atoms with van der Waals surface area (Å²) < 4.78 is 26.6. The van der Waals surface area contributed by atoms with Crippen LogP contribution in [-0.4, -0.2) is 46.3 Å². The van der Waals surface area contributed by atoms with Gasteiger partial charge in [-0.15, -0.1) is 0 Å². The molecule has 0 atom stereocenters. The maximum atomic E-state index is 11.4. The minimum atomic E-state index is -3.26. The summed E-state index contributed by atoms with van der Waals surface area (Å²) in [4.78, 5) is 4.24. The van der Waals surface area contributed by atoms with E-state index in [4.69, 9.17) is 0 Å². The summed E-state index contributed by atoms with van der Waals surface area (Å²) in [6.07, 6.45) is 3.44. The fraction of sp³-hybridized carbons (Fsp3) is 0.588. The normalized spacial score (nSPS) is 17.2. The highest BCUT2D eigenvalue weighted by molar-refractivity contribution is 9.10. The van der Waals surface area contributed by atoms with Crippen molar-refractivity contribution >= 4 is 31.9 Å². The molecule has 8 heteroatoms. The zero-order valence-electron chi connectivity index (χ0n) is 15.2. The van der Waals surface area contributed by atoms with Crippen molar-refractivity contribution in [3.05, 3.63) is 34.3 Å². The number of hydrogen-bond donors (Lipinski definition) is 3. The van der Waals surface area contributed by atoms with Crippen LogP contribution in [0, 0.1) is 0 Å². The molecule has 0 unspecified atom stereocenters. The molecule has 0 bridgehead atoms. The first-order valence-electron chi connectivity index (χ1n) is 8.25. The fourth-order valence-electron chi connectivity index (χ4n) is 2.90. The van der Waals surface area contributed by atoms with E-state index in [1.54, 1.807) is 7.05 Å². The molecule has 0 aliphatic heterocycles. The highest BCUT2D eigenvalue weighted by Gasteiger charge is 2.45. The van der Waals surface area contributed by atoms with Crippen LogP contribution < -0.4 is 15.4 Å². The quantitative estimate of drug-likeness (QED) is 0.456. The Morgan fingerprint density at radius 3 is 2.44 bits per heavy atom. The zero-order chi connectivity index (χ0) is 18.7. The summed E-state index contributed by atoms with van der Waals surface area (Å²) in [5.41, 5.74) is 0.848. The summed E-state index contributed by atoms with van der Waals surface area (Å²) in [5.74, 6) is 0.668. The topological polar surface area (TPSA) is 82.6 Å². The highest BCUT2D eigenvalue weighted by atomic mass is 79.9. The lowest BCUT2D eigenvalue weighted by Crippen LogP contribution is -2.53. The molecule has 0 amide bonds. The van der Waals surface area contributed by atoms with Crippen LogP contribution in [0.4, 0.5) is 0 Å². The van der Waals surface area contributed by atoms with Crippen LogP contribution >= 0.6 is 15.9 Å². The zero-order valence-corrected chi connectivity index (χ0v) is 17.6. The predicted octanol–water partition coefficient (Wildman–Crippen LogP) is 1.97. The van der Waals surface area contributed by atoms with Gasteiger partial charge in [-0.25, -0.2) is 13.1 Å². The molecular formula is C17H27BrN4O2S. The number of rotatable bonds is 7. The van der Waals surface area contributed by atoms with Crippen molar-refractivity contribution in [2.24, 2.45) is 4.99 Å². The van der Waals surface area contributed by atoms with E-state index in [1.807, 2.05) is 19.9 Å². The molecule has 2 rings (SSSR count). The number of benzene rings is 1. The average Bonchev–Trinajstić information content (AvgIpc) is 3.26. The monoisotopic (exact) mass is 430 g/mol. The van der Waals surface area contributed by atoms with E-state index < -0.39 is 15.6 Å². The molecule has 140 valence electrons. The molecule has 0 radical (unpaired) electrons. The molecule has 1 aliphatic carbocycles. The van der Waals surface area contributed by atoms with Crippen LogP contribution in [0.2, 0.25) is 0 Å². The van der Waals surface area contributed by atoms with Crippen LogP contribution in [0.5, 0.6) is 0 Å². The minimum Gasteiger partial charge on any atom is -0.356 e. The third-order valence-corrected chi connectivity index (χ3v) is 5.89. The number of aliphatic imine (C=N–C) groups is 1. The smallest absolute Gasteiger partial charge is 0.209 e. The minimum absolute atomic E-state index is 0.137. The third-order valence-electron chi connectivity index (χ3n) is 4.28. The van der Waals surface area contributed by atoms with Gasteiger partial charge in [0.1, 0.15) is 0 Å². The van der Waals surface area contributed by atoms with Gasteiger partial charge in [-0.2, -0.15) is 0 Å². The molecule has 0 saturated heterocycles. The van der Waals surface area contributed by atoms with Gasteiger partial charge >= 0.3 is 0 Å². The number of guanidine groups is 1. The number of nitrogens with one attached hydrogen (secondary N) is 3. The van der Waals surface area contributed by atoms with Crippen LogP contribution in [0.1, 0.15) is 32.3 Å². The first-order valence-corrected chi connectivity index (χ1v) is 10.9. The Labute approximate surface area is 159 Å². The van der Waals surface area contributed by atoms with E-state index in [1.165, 1.54) is 5.56 Å². The number of hydrogen-bond acceptors (Lipinski definition) is 3. The summed E-state index contributed by atoms with van der Waals surface area (Å²) >= 11 is 3.64. The van der Waals surface area contributed by atoms with Crippen molar-refractivity contribution in [1.82, 2.24) is 15.4 Å². The van der Waals surface area contributed by atoms with Crippen molar-refractivity contribution < 1.29 is 8.42 Å². The largest absolute Gasteiger partial charge is 0.356 e. The van der Waals surface area contributed by atoms with Gasteiger partial charge in [-0.1, -0.05) is 34.1 Å². The van der Waals surface area contributed by atoms with E-state index in [2.05, 4.69) is 54.5 Å². The van der Waals surface area contributed by atoms with Crippen molar-refractivity contribution in [2.75, 3.05) is 26.4 Å². The van der Waals surface area contributed by atoms with Crippen LogP contribution in [0.15, 0.2) is 33.7 Å². The first kappa shape index (κ1) is 20.2. The van der Waals surface area contributed by atoms with Gasteiger partial charge in [0.25, 0.3) is 0 Å². The lowest BCUT2D eigenvalue weighted by molar-refractivity contribution is 0.446. The molecule has 1 aliphatic rings. The Morgan fingerprint density at radius 2 is 1.92 bits per heavy atom. The molecule has 1 fully saturated rings. The molecule has 1 aromatic rings. The van der Waals surface area contributed by atoms with Gasteiger partial charge in [-0.05, 0) is 38.3 Å². The lowest BCUT2D eigenvalue weighted by Gasteiger charge is -2.27. The van der Waals surface area contributed by atoms with Gasteiger partial charge in [0.05, 0.1) is 6.26 Å². The number of halogens is 1. The second-order valence-corrected chi connectivity index (χ2v) is 9.90. The van der Waals surface area contributed by atoms with E-state index in [-0.39, 0.29) is 5.41 Å². The predicted molar refractivity (Wildman–Crippen MR) is 106 cm³/mol. The molecule has 0 heterocycles. The second-order valence-electron chi connectivity index (χ2n) is 7.30. The number of sulfonamides is 1. The van der Waals surface area contributed by atoms with Crippen molar-refractivity contribution in [3.63, 3.8) is 0 Å². The Morgan fingerprint density at radius 1 is 1.28 bits per heavy atom. The van der Waals surface area contributed by atoms with Gasteiger partial charge < -0.3 is 10.6 Å². The van der Waals surface area contributed by atoms with E-state index >= 15 is 0 Å². The van der Waals surface area contributed by atoms with E-state index in [0.29, 0.717) is 12.5 Å². The summed E-state index contributed by atoms with van der Waals surface area (Å²) in [5, 5.41) is 6.57. The summed E-state index contributed by atoms with van der Waals surface area (Å²) in [6, 6.07) is 8.32. The third kappa shape index (κ3) is 5.97.